The average molecular weight is 275 g/mol. The van der Waals surface area contributed by atoms with Gasteiger partial charge in [0.2, 0.25) is 0 Å². The van der Waals surface area contributed by atoms with Crippen LogP contribution in [-0.2, 0) is 11.2 Å². The second-order valence-electron chi connectivity index (χ2n) is 6.77. The predicted octanol–water partition coefficient (Wildman–Crippen LogP) is 3.64. The van der Waals surface area contributed by atoms with Crippen molar-refractivity contribution < 1.29 is 4.74 Å². The van der Waals surface area contributed by atoms with Gasteiger partial charge in [-0.1, -0.05) is 37.6 Å². The number of hydrogen-bond acceptors (Lipinski definition) is 2. The van der Waals surface area contributed by atoms with Crippen molar-refractivity contribution in [2.24, 2.45) is 5.41 Å². The first kappa shape index (κ1) is 15.5. The van der Waals surface area contributed by atoms with E-state index in [1.807, 2.05) is 0 Å². The molecule has 0 amide bonds. The zero-order valence-electron chi connectivity index (χ0n) is 13.6. The third kappa shape index (κ3) is 3.42. The fraction of sp³-hybridized carbons (Fsp3) is 0.667. The molecule has 1 aliphatic rings. The molecule has 2 atom stereocenters. The fourth-order valence-corrected chi connectivity index (χ4v) is 3.12. The third-order valence-electron chi connectivity index (χ3n) is 4.74. The summed E-state index contributed by atoms with van der Waals surface area (Å²) in [6.45, 7) is 13.0. The van der Waals surface area contributed by atoms with Crippen molar-refractivity contribution in [2.45, 2.75) is 59.6 Å². The number of benzene rings is 1. The molecule has 2 unspecified atom stereocenters. The van der Waals surface area contributed by atoms with E-state index >= 15 is 0 Å². The summed E-state index contributed by atoms with van der Waals surface area (Å²) < 4.78 is 5.90. The second-order valence-corrected chi connectivity index (χ2v) is 6.77. The molecule has 0 aromatic heterocycles. The van der Waals surface area contributed by atoms with Crippen LogP contribution in [0, 0.1) is 19.3 Å². The number of nitrogens with one attached hydrogen (secondary N) is 1. The highest BCUT2D eigenvalue weighted by Gasteiger charge is 2.41. The van der Waals surface area contributed by atoms with E-state index in [1.165, 1.54) is 16.7 Å². The minimum Gasteiger partial charge on any atom is -0.378 e. The molecule has 1 N–H and O–H groups in total. The molecule has 1 aromatic rings. The quantitative estimate of drug-likeness (QED) is 0.886. The van der Waals surface area contributed by atoms with Gasteiger partial charge in [0.1, 0.15) is 0 Å². The maximum absolute atomic E-state index is 5.90. The molecule has 1 aromatic carbocycles. The SMILES string of the molecule is Cc1ccc(C)c(CC2(CNC(C)C)CCOC2C)c1. The Morgan fingerprint density at radius 2 is 2.10 bits per heavy atom. The van der Waals surface area contributed by atoms with Crippen LogP contribution in [0.25, 0.3) is 0 Å². The van der Waals surface area contributed by atoms with Gasteiger partial charge in [-0.25, -0.2) is 0 Å². The molecule has 2 rings (SSSR count). The Hall–Kier alpha value is -0.860. The summed E-state index contributed by atoms with van der Waals surface area (Å²) in [5.74, 6) is 0. The molecule has 0 radical (unpaired) electrons. The van der Waals surface area contributed by atoms with Crippen molar-refractivity contribution in [1.29, 1.82) is 0 Å². The van der Waals surface area contributed by atoms with Crippen LogP contribution >= 0.6 is 0 Å². The first-order valence-corrected chi connectivity index (χ1v) is 7.84. The van der Waals surface area contributed by atoms with Crippen molar-refractivity contribution in [3.05, 3.63) is 34.9 Å². The van der Waals surface area contributed by atoms with E-state index in [-0.39, 0.29) is 5.41 Å². The van der Waals surface area contributed by atoms with Gasteiger partial charge in [0.25, 0.3) is 0 Å². The van der Waals surface area contributed by atoms with Crippen LogP contribution in [0.1, 0.15) is 43.9 Å². The summed E-state index contributed by atoms with van der Waals surface area (Å²) in [7, 11) is 0. The Labute approximate surface area is 123 Å². The molecule has 0 aliphatic carbocycles. The van der Waals surface area contributed by atoms with Crippen molar-refractivity contribution in [3.63, 3.8) is 0 Å². The topological polar surface area (TPSA) is 21.3 Å². The number of rotatable bonds is 5. The minimum absolute atomic E-state index is 0.239. The molecule has 1 fully saturated rings. The van der Waals surface area contributed by atoms with E-state index in [4.69, 9.17) is 4.74 Å². The summed E-state index contributed by atoms with van der Waals surface area (Å²) >= 11 is 0. The number of aryl methyl sites for hydroxylation is 2. The van der Waals surface area contributed by atoms with Crippen molar-refractivity contribution in [2.75, 3.05) is 13.2 Å². The summed E-state index contributed by atoms with van der Waals surface area (Å²) in [5, 5.41) is 3.63. The van der Waals surface area contributed by atoms with E-state index in [0.29, 0.717) is 12.1 Å². The monoisotopic (exact) mass is 275 g/mol. The lowest BCUT2D eigenvalue weighted by atomic mass is 9.75. The number of ether oxygens (including phenoxy) is 1. The standard InChI is InChI=1S/C18H29NO/c1-13(2)19-12-18(8-9-20-16(18)5)11-17-10-14(3)6-7-15(17)4/h6-7,10,13,16,19H,8-9,11-12H2,1-5H3. The van der Waals surface area contributed by atoms with E-state index in [2.05, 4.69) is 58.1 Å². The maximum atomic E-state index is 5.90. The zero-order valence-corrected chi connectivity index (χ0v) is 13.6. The van der Waals surface area contributed by atoms with Gasteiger partial charge in [0.05, 0.1) is 6.10 Å². The van der Waals surface area contributed by atoms with Crippen LogP contribution in [0.4, 0.5) is 0 Å². The van der Waals surface area contributed by atoms with Gasteiger partial charge in [-0.05, 0) is 44.7 Å². The Kier molecular flexibility index (Phi) is 4.87. The van der Waals surface area contributed by atoms with Gasteiger partial charge in [0.15, 0.2) is 0 Å². The molecule has 0 spiro atoms. The highest BCUT2D eigenvalue weighted by Crippen LogP contribution is 2.38. The lowest BCUT2D eigenvalue weighted by Crippen LogP contribution is -2.43. The van der Waals surface area contributed by atoms with Crippen LogP contribution in [0.3, 0.4) is 0 Å². The molecule has 112 valence electrons. The van der Waals surface area contributed by atoms with Crippen molar-refractivity contribution >= 4 is 0 Å². The molecule has 20 heavy (non-hydrogen) atoms. The zero-order chi connectivity index (χ0) is 14.8. The Balaban J connectivity index is 2.21. The Morgan fingerprint density at radius 1 is 1.35 bits per heavy atom. The molecule has 2 heteroatoms. The lowest BCUT2D eigenvalue weighted by molar-refractivity contribution is 0.0620. The predicted molar refractivity (Wildman–Crippen MR) is 85.2 cm³/mol. The van der Waals surface area contributed by atoms with Gasteiger partial charge >= 0.3 is 0 Å². The van der Waals surface area contributed by atoms with E-state index in [0.717, 1.165) is 26.0 Å². The first-order chi connectivity index (χ1) is 9.43. The fourth-order valence-electron chi connectivity index (χ4n) is 3.12. The highest BCUT2D eigenvalue weighted by molar-refractivity contribution is 5.31. The van der Waals surface area contributed by atoms with E-state index < -0.39 is 0 Å². The normalized spacial score (nSPS) is 26.4. The van der Waals surface area contributed by atoms with E-state index in [1.54, 1.807) is 0 Å². The smallest absolute Gasteiger partial charge is 0.0619 e. The maximum Gasteiger partial charge on any atom is 0.0619 e. The summed E-state index contributed by atoms with van der Waals surface area (Å²) in [6, 6.07) is 7.32. The van der Waals surface area contributed by atoms with Crippen molar-refractivity contribution in [3.8, 4) is 0 Å². The van der Waals surface area contributed by atoms with Gasteiger partial charge < -0.3 is 10.1 Å². The average Bonchev–Trinajstić information content (AvgIpc) is 2.73. The van der Waals surface area contributed by atoms with Crippen LogP contribution in [0.15, 0.2) is 18.2 Å². The summed E-state index contributed by atoms with van der Waals surface area (Å²) in [6.07, 6.45) is 2.59. The third-order valence-corrected chi connectivity index (χ3v) is 4.74. The van der Waals surface area contributed by atoms with Crippen LogP contribution in [0.2, 0.25) is 0 Å². The Morgan fingerprint density at radius 3 is 2.70 bits per heavy atom. The van der Waals surface area contributed by atoms with Crippen LogP contribution in [-0.4, -0.2) is 25.3 Å². The lowest BCUT2D eigenvalue weighted by Gasteiger charge is -2.34. The van der Waals surface area contributed by atoms with Gasteiger partial charge in [-0.2, -0.15) is 0 Å². The molecular weight excluding hydrogens is 246 g/mol. The van der Waals surface area contributed by atoms with Gasteiger partial charge in [0, 0.05) is 24.6 Å². The molecule has 0 bridgehead atoms. The van der Waals surface area contributed by atoms with Gasteiger partial charge in [-0.15, -0.1) is 0 Å². The van der Waals surface area contributed by atoms with E-state index in [9.17, 15) is 0 Å². The Bertz CT molecular complexity index is 455. The van der Waals surface area contributed by atoms with Crippen LogP contribution in [0.5, 0.6) is 0 Å². The summed E-state index contributed by atoms with van der Waals surface area (Å²) in [4.78, 5) is 0. The molecule has 2 nitrogen and oxygen atoms in total. The minimum atomic E-state index is 0.239. The number of hydrogen-bond donors (Lipinski definition) is 1. The second kappa shape index (κ2) is 6.28. The molecular formula is C18H29NO. The van der Waals surface area contributed by atoms with Crippen molar-refractivity contribution in [1.82, 2.24) is 5.32 Å². The molecule has 0 saturated carbocycles. The molecule has 1 heterocycles. The first-order valence-electron chi connectivity index (χ1n) is 7.84. The van der Waals surface area contributed by atoms with Gasteiger partial charge in [-0.3, -0.25) is 0 Å². The molecule has 1 saturated heterocycles. The molecule has 1 aliphatic heterocycles. The highest BCUT2D eigenvalue weighted by atomic mass is 16.5. The summed E-state index contributed by atoms with van der Waals surface area (Å²) in [5.41, 5.74) is 4.47. The largest absolute Gasteiger partial charge is 0.378 e. The van der Waals surface area contributed by atoms with Crippen LogP contribution < -0.4 is 5.32 Å².